The van der Waals surface area contributed by atoms with E-state index in [1.165, 1.54) is 0 Å². The fraction of sp³-hybridized carbons (Fsp3) is 0.154. The molecule has 0 saturated heterocycles. The molecule has 1 aromatic carbocycles. The Morgan fingerprint density at radius 2 is 2.20 bits per heavy atom. The van der Waals surface area contributed by atoms with Gasteiger partial charge in [0.2, 0.25) is 0 Å². The lowest BCUT2D eigenvalue weighted by molar-refractivity contribution is 0.691. The van der Waals surface area contributed by atoms with Crippen molar-refractivity contribution in [3.05, 3.63) is 59.2 Å². The number of nitriles is 1. The van der Waals surface area contributed by atoms with E-state index < -0.39 is 5.41 Å². The molecule has 1 atom stereocenters. The number of hydrogen-bond donors (Lipinski definition) is 0. The van der Waals surface area contributed by atoms with Crippen LogP contribution in [-0.2, 0) is 5.41 Å². The molecule has 2 heteroatoms. The quantitative estimate of drug-likeness (QED) is 0.702. The van der Waals surface area contributed by atoms with E-state index in [2.05, 4.69) is 6.07 Å². The Labute approximate surface area is 94.3 Å². The van der Waals surface area contributed by atoms with E-state index in [1.54, 1.807) is 0 Å². The fourth-order valence-electron chi connectivity index (χ4n) is 1.75. The SMILES string of the molecule is N#CC1(c2cccc(Cl)c2)C=CC=CC1. The molecule has 0 heterocycles. The number of hydrogen-bond acceptors (Lipinski definition) is 1. The number of benzene rings is 1. The zero-order valence-electron chi connectivity index (χ0n) is 8.15. The monoisotopic (exact) mass is 215 g/mol. The minimum atomic E-state index is -0.542. The molecule has 1 aromatic rings. The minimum Gasteiger partial charge on any atom is -0.197 e. The van der Waals surface area contributed by atoms with E-state index in [-0.39, 0.29) is 0 Å². The van der Waals surface area contributed by atoms with Crippen molar-refractivity contribution in [3.63, 3.8) is 0 Å². The molecular formula is C13H10ClN. The smallest absolute Gasteiger partial charge is 0.104 e. The molecule has 0 fully saturated rings. The van der Waals surface area contributed by atoms with Crippen LogP contribution < -0.4 is 0 Å². The third kappa shape index (κ3) is 1.82. The average Bonchev–Trinajstić information content (AvgIpc) is 2.30. The lowest BCUT2D eigenvalue weighted by Gasteiger charge is -2.23. The van der Waals surface area contributed by atoms with Crippen LogP contribution in [0.5, 0.6) is 0 Å². The zero-order chi connectivity index (χ0) is 10.7. The van der Waals surface area contributed by atoms with Crippen LogP contribution in [0.4, 0.5) is 0 Å². The van der Waals surface area contributed by atoms with Gasteiger partial charge in [0.05, 0.1) is 6.07 Å². The largest absolute Gasteiger partial charge is 0.197 e. The van der Waals surface area contributed by atoms with Gasteiger partial charge < -0.3 is 0 Å². The number of allylic oxidation sites excluding steroid dienone is 4. The predicted octanol–water partition coefficient (Wildman–Crippen LogP) is 3.62. The van der Waals surface area contributed by atoms with Crippen molar-refractivity contribution >= 4 is 11.6 Å². The molecule has 0 aromatic heterocycles. The Morgan fingerprint density at radius 3 is 2.80 bits per heavy atom. The topological polar surface area (TPSA) is 23.8 Å². The Balaban J connectivity index is 2.48. The second kappa shape index (κ2) is 3.92. The van der Waals surface area contributed by atoms with Crippen LogP contribution in [0.25, 0.3) is 0 Å². The van der Waals surface area contributed by atoms with Crippen LogP contribution in [-0.4, -0.2) is 0 Å². The van der Waals surface area contributed by atoms with E-state index in [0.29, 0.717) is 11.4 Å². The Kier molecular flexibility index (Phi) is 2.62. The van der Waals surface area contributed by atoms with Crippen molar-refractivity contribution in [1.29, 1.82) is 5.26 Å². The van der Waals surface area contributed by atoms with Gasteiger partial charge in [0, 0.05) is 5.02 Å². The highest BCUT2D eigenvalue weighted by atomic mass is 35.5. The normalized spacial score (nSPS) is 23.7. The summed E-state index contributed by atoms with van der Waals surface area (Å²) in [6, 6.07) is 9.86. The van der Waals surface area contributed by atoms with Crippen molar-refractivity contribution in [2.45, 2.75) is 11.8 Å². The molecule has 15 heavy (non-hydrogen) atoms. The maximum absolute atomic E-state index is 9.31. The van der Waals surface area contributed by atoms with Crippen LogP contribution in [0.1, 0.15) is 12.0 Å². The Hall–Kier alpha value is -1.52. The first-order valence-electron chi connectivity index (χ1n) is 4.78. The summed E-state index contributed by atoms with van der Waals surface area (Å²) in [6.07, 6.45) is 8.51. The van der Waals surface area contributed by atoms with Gasteiger partial charge in [-0.1, -0.05) is 48.0 Å². The van der Waals surface area contributed by atoms with Gasteiger partial charge in [0.25, 0.3) is 0 Å². The van der Waals surface area contributed by atoms with Gasteiger partial charge in [-0.25, -0.2) is 0 Å². The molecule has 0 saturated carbocycles. The maximum Gasteiger partial charge on any atom is 0.104 e. The first-order valence-corrected chi connectivity index (χ1v) is 5.16. The van der Waals surface area contributed by atoms with Crippen LogP contribution in [0.2, 0.25) is 5.02 Å². The highest BCUT2D eigenvalue weighted by molar-refractivity contribution is 6.30. The summed E-state index contributed by atoms with van der Waals surface area (Å²) in [5, 5.41) is 9.98. The third-order valence-corrected chi connectivity index (χ3v) is 2.84. The number of nitrogens with zero attached hydrogens (tertiary/aromatic N) is 1. The van der Waals surface area contributed by atoms with E-state index in [4.69, 9.17) is 11.6 Å². The van der Waals surface area contributed by atoms with Gasteiger partial charge in [0.1, 0.15) is 5.41 Å². The van der Waals surface area contributed by atoms with Crippen molar-refractivity contribution < 1.29 is 0 Å². The van der Waals surface area contributed by atoms with Crippen LogP contribution in [0, 0.1) is 11.3 Å². The molecule has 1 nitrogen and oxygen atoms in total. The molecule has 0 aliphatic heterocycles. The van der Waals surface area contributed by atoms with E-state index in [0.717, 1.165) is 5.56 Å². The van der Waals surface area contributed by atoms with Gasteiger partial charge in [-0.3, -0.25) is 0 Å². The van der Waals surface area contributed by atoms with Gasteiger partial charge >= 0.3 is 0 Å². The third-order valence-electron chi connectivity index (χ3n) is 2.61. The van der Waals surface area contributed by atoms with Crippen LogP contribution in [0.15, 0.2) is 48.6 Å². The Morgan fingerprint density at radius 1 is 1.33 bits per heavy atom. The fourth-order valence-corrected chi connectivity index (χ4v) is 1.94. The second-order valence-corrected chi connectivity index (χ2v) is 4.02. The summed E-state index contributed by atoms with van der Waals surface area (Å²) in [5.74, 6) is 0. The number of rotatable bonds is 1. The standard InChI is InChI=1S/C13H10ClN/c14-12-6-4-5-11(9-12)13(10-15)7-2-1-3-8-13/h1-7,9H,8H2. The molecule has 0 spiro atoms. The highest BCUT2D eigenvalue weighted by Crippen LogP contribution is 2.33. The van der Waals surface area contributed by atoms with Gasteiger partial charge in [-0.2, -0.15) is 5.26 Å². The lowest BCUT2D eigenvalue weighted by Crippen LogP contribution is -2.21. The molecular weight excluding hydrogens is 206 g/mol. The summed E-state index contributed by atoms with van der Waals surface area (Å²) < 4.78 is 0. The predicted molar refractivity (Wildman–Crippen MR) is 61.6 cm³/mol. The molecule has 74 valence electrons. The lowest BCUT2D eigenvalue weighted by atomic mass is 9.77. The summed E-state index contributed by atoms with van der Waals surface area (Å²) in [4.78, 5) is 0. The molecule has 1 aliphatic rings. The first kappa shape index (κ1) is 10.0. The molecule has 1 unspecified atom stereocenters. The van der Waals surface area contributed by atoms with Crippen LogP contribution >= 0.6 is 11.6 Å². The van der Waals surface area contributed by atoms with Crippen molar-refractivity contribution in [2.75, 3.05) is 0 Å². The number of halogens is 1. The highest BCUT2D eigenvalue weighted by Gasteiger charge is 2.29. The first-order chi connectivity index (χ1) is 7.27. The molecule has 0 N–H and O–H groups in total. The Bertz CT molecular complexity index is 468. The van der Waals surface area contributed by atoms with Gasteiger partial charge in [-0.05, 0) is 24.1 Å². The summed E-state index contributed by atoms with van der Waals surface area (Å²) >= 11 is 5.93. The summed E-state index contributed by atoms with van der Waals surface area (Å²) in [5.41, 5.74) is 0.415. The second-order valence-electron chi connectivity index (χ2n) is 3.58. The van der Waals surface area contributed by atoms with E-state index in [1.807, 2.05) is 48.6 Å². The van der Waals surface area contributed by atoms with E-state index >= 15 is 0 Å². The van der Waals surface area contributed by atoms with Gasteiger partial charge in [0.15, 0.2) is 0 Å². The van der Waals surface area contributed by atoms with Crippen molar-refractivity contribution in [1.82, 2.24) is 0 Å². The summed E-state index contributed by atoms with van der Waals surface area (Å²) in [6.45, 7) is 0. The van der Waals surface area contributed by atoms with E-state index in [9.17, 15) is 5.26 Å². The molecule has 0 amide bonds. The minimum absolute atomic E-state index is 0.542. The molecule has 1 aliphatic carbocycles. The maximum atomic E-state index is 9.31. The molecule has 0 bridgehead atoms. The van der Waals surface area contributed by atoms with Crippen molar-refractivity contribution in [3.8, 4) is 6.07 Å². The summed E-state index contributed by atoms with van der Waals surface area (Å²) in [7, 11) is 0. The average molecular weight is 216 g/mol. The van der Waals surface area contributed by atoms with Crippen LogP contribution in [0.3, 0.4) is 0 Å². The van der Waals surface area contributed by atoms with Crippen molar-refractivity contribution in [2.24, 2.45) is 0 Å². The molecule has 0 radical (unpaired) electrons. The van der Waals surface area contributed by atoms with Gasteiger partial charge in [-0.15, -0.1) is 0 Å². The molecule has 2 rings (SSSR count). The zero-order valence-corrected chi connectivity index (χ0v) is 8.91.